The van der Waals surface area contributed by atoms with Crippen molar-refractivity contribution in [3.63, 3.8) is 0 Å². The molecule has 0 radical (unpaired) electrons. The van der Waals surface area contributed by atoms with Crippen LogP contribution in [0.4, 0.5) is 5.69 Å². The molecule has 3 aromatic rings. The second-order valence-corrected chi connectivity index (χ2v) is 4.75. The average molecular weight is 258 g/mol. The highest BCUT2D eigenvalue weighted by molar-refractivity contribution is 6.33. The Bertz CT molecular complexity index is 730. The summed E-state index contributed by atoms with van der Waals surface area (Å²) in [6.45, 7) is 2.03. The van der Waals surface area contributed by atoms with E-state index in [0.29, 0.717) is 10.7 Å². The van der Waals surface area contributed by atoms with E-state index in [4.69, 9.17) is 21.8 Å². The summed E-state index contributed by atoms with van der Waals surface area (Å²) in [7, 11) is 0. The van der Waals surface area contributed by atoms with Crippen LogP contribution < -0.4 is 5.73 Å². The molecule has 0 amide bonds. The highest BCUT2D eigenvalue weighted by Crippen LogP contribution is 2.32. The summed E-state index contributed by atoms with van der Waals surface area (Å²) in [5, 5.41) is 1.64. The van der Waals surface area contributed by atoms with Gasteiger partial charge in [0.1, 0.15) is 11.3 Å². The molecule has 0 aliphatic heterocycles. The maximum Gasteiger partial charge on any atom is 0.137 e. The largest absolute Gasteiger partial charge is 0.456 e. The summed E-state index contributed by atoms with van der Waals surface area (Å²) in [6.07, 6.45) is 0. The third-order valence-electron chi connectivity index (χ3n) is 3.03. The summed E-state index contributed by atoms with van der Waals surface area (Å²) in [5.41, 5.74) is 9.26. The average Bonchev–Trinajstić information content (AvgIpc) is 2.78. The lowest BCUT2D eigenvalue weighted by atomic mass is 10.1. The fraction of sp³-hybridized carbons (Fsp3) is 0.0667. The third kappa shape index (κ3) is 1.75. The van der Waals surface area contributed by atoms with Crippen LogP contribution in [0.3, 0.4) is 0 Å². The van der Waals surface area contributed by atoms with Crippen molar-refractivity contribution in [1.82, 2.24) is 0 Å². The Morgan fingerprint density at radius 3 is 2.67 bits per heavy atom. The molecule has 0 spiro atoms. The minimum absolute atomic E-state index is 0.546. The maximum absolute atomic E-state index is 6.03. The first-order chi connectivity index (χ1) is 8.65. The van der Waals surface area contributed by atoms with Gasteiger partial charge in [0.25, 0.3) is 0 Å². The summed E-state index contributed by atoms with van der Waals surface area (Å²) >= 11 is 6.03. The van der Waals surface area contributed by atoms with Gasteiger partial charge in [0, 0.05) is 10.9 Å². The van der Waals surface area contributed by atoms with Gasteiger partial charge in [0.05, 0.1) is 10.7 Å². The lowest BCUT2D eigenvalue weighted by Gasteiger charge is -2.00. The first kappa shape index (κ1) is 11.2. The lowest BCUT2D eigenvalue weighted by molar-refractivity contribution is 0.629. The number of furan rings is 1. The molecule has 3 rings (SSSR count). The Balaban J connectivity index is 2.19. The number of nitrogen functional groups attached to an aromatic ring is 1. The van der Waals surface area contributed by atoms with Crippen molar-refractivity contribution in [2.24, 2.45) is 0 Å². The van der Waals surface area contributed by atoms with Crippen LogP contribution in [0, 0.1) is 6.92 Å². The van der Waals surface area contributed by atoms with Crippen LogP contribution in [-0.2, 0) is 0 Å². The third-order valence-corrected chi connectivity index (χ3v) is 3.35. The number of halogens is 1. The number of hydrogen-bond donors (Lipinski definition) is 1. The monoisotopic (exact) mass is 257 g/mol. The maximum atomic E-state index is 6.03. The molecule has 0 bridgehead atoms. The summed E-state index contributed by atoms with van der Waals surface area (Å²) in [6, 6.07) is 13.6. The Morgan fingerprint density at radius 1 is 1.11 bits per heavy atom. The number of anilines is 1. The topological polar surface area (TPSA) is 39.2 Å². The molecule has 3 heteroatoms. The van der Waals surface area contributed by atoms with Crippen molar-refractivity contribution in [3.05, 3.63) is 53.1 Å². The van der Waals surface area contributed by atoms with Crippen LogP contribution in [0.5, 0.6) is 0 Å². The van der Waals surface area contributed by atoms with E-state index in [9.17, 15) is 0 Å². The van der Waals surface area contributed by atoms with Crippen molar-refractivity contribution < 1.29 is 4.42 Å². The first-order valence-electron chi connectivity index (χ1n) is 5.70. The van der Waals surface area contributed by atoms with Gasteiger partial charge >= 0.3 is 0 Å². The minimum atomic E-state index is 0.546. The number of benzene rings is 2. The predicted octanol–water partition coefficient (Wildman–Crippen LogP) is 4.64. The smallest absolute Gasteiger partial charge is 0.137 e. The van der Waals surface area contributed by atoms with Crippen molar-refractivity contribution in [3.8, 4) is 11.3 Å². The van der Waals surface area contributed by atoms with Crippen molar-refractivity contribution in [1.29, 1.82) is 0 Å². The molecule has 0 saturated heterocycles. The SMILES string of the molecule is Cc1cccc2cc(-c3ccc(N)c(Cl)c3)oc12. The zero-order valence-electron chi connectivity index (χ0n) is 9.91. The molecule has 0 atom stereocenters. The molecular formula is C15H12ClNO. The molecule has 0 fully saturated rings. The minimum Gasteiger partial charge on any atom is -0.456 e. The lowest BCUT2D eigenvalue weighted by Crippen LogP contribution is -1.85. The quantitative estimate of drug-likeness (QED) is 0.645. The predicted molar refractivity (Wildman–Crippen MR) is 75.8 cm³/mol. The van der Waals surface area contributed by atoms with E-state index in [0.717, 1.165) is 27.9 Å². The van der Waals surface area contributed by atoms with E-state index < -0.39 is 0 Å². The van der Waals surface area contributed by atoms with Crippen molar-refractivity contribution in [2.75, 3.05) is 5.73 Å². The van der Waals surface area contributed by atoms with Gasteiger partial charge in [-0.1, -0.05) is 29.8 Å². The fourth-order valence-electron chi connectivity index (χ4n) is 2.03. The molecule has 1 heterocycles. The van der Waals surface area contributed by atoms with E-state index in [1.165, 1.54) is 0 Å². The fourth-order valence-corrected chi connectivity index (χ4v) is 2.21. The zero-order chi connectivity index (χ0) is 12.7. The van der Waals surface area contributed by atoms with Crippen LogP contribution >= 0.6 is 11.6 Å². The Kier molecular flexibility index (Phi) is 2.53. The van der Waals surface area contributed by atoms with E-state index >= 15 is 0 Å². The Morgan fingerprint density at radius 2 is 1.94 bits per heavy atom. The summed E-state index contributed by atoms with van der Waals surface area (Å²) in [5.74, 6) is 0.807. The zero-order valence-corrected chi connectivity index (χ0v) is 10.7. The van der Waals surface area contributed by atoms with Crippen molar-refractivity contribution in [2.45, 2.75) is 6.92 Å². The van der Waals surface area contributed by atoms with Crippen LogP contribution in [0.15, 0.2) is 46.9 Å². The molecular weight excluding hydrogens is 246 g/mol. The molecule has 18 heavy (non-hydrogen) atoms. The van der Waals surface area contributed by atoms with Gasteiger partial charge in [-0.15, -0.1) is 0 Å². The van der Waals surface area contributed by atoms with E-state index in [1.807, 2.05) is 43.3 Å². The van der Waals surface area contributed by atoms with E-state index in [1.54, 1.807) is 6.07 Å². The normalized spacial score (nSPS) is 11.0. The van der Waals surface area contributed by atoms with Gasteiger partial charge in [-0.25, -0.2) is 0 Å². The Hall–Kier alpha value is -1.93. The molecule has 90 valence electrons. The number of para-hydroxylation sites is 1. The highest BCUT2D eigenvalue weighted by Gasteiger charge is 2.08. The number of nitrogens with two attached hydrogens (primary N) is 1. The van der Waals surface area contributed by atoms with Gasteiger partial charge in [0.15, 0.2) is 0 Å². The summed E-state index contributed by atoms with van der Waals surface area (Å²) < 4.78 is 5.88. The second kappa shape index (κ2) is 4.07. The van der Waals surface area contributed by atoms with Gasteiger partial charge in [-0.05, 0) is 36.8 Å². The molecule has 1 aromatic heterocycles. The number of hydrogen-bond acceptors (Lipinski definition) is 2. The number of rotatable bonds is 1. The molecule has 0 saturated carbocycles. The highest BCUT2D eigenvalue weighted by atomic mass is 35.5. The standard InChI is InChI=1S/C15H12ClNO/c1-9-3-2-4-11-8-14(18-15(9)11)10-5-6-13(17)12(16)7-10/h2-8H,17H2,1H3. The molecule has 0 aliphatic carbocycles. The van der Waals surface area contributed by atoms with Gasteiger partial charge in [-0.3, -0.25) is 0 Å². The van der Waals surface area contributed by atoms with Crippen LogP contribution in [-0.4, -0.2) is 0 Å². The van der Waals surface area contributed by atoms with Crippen molar-refractivity contribution >= 4 is 28.3 Å². The Labute approximate surface area is 110 Å². The van der Waals surface area contributed by atoms with E-state index in [-0.39, 0.29) is 0 Å². The van der Waals surface area contributed by atoms with Crippen LogP contribution in [0.25, 0.3) is 22.3 Å². The van der Waals surface area contributed by atoms with Gasteiger partial charge in [-0.2, -0.15) is 0 Å². The number of aryl methyl sites for hydroxylation is 1. The number of fused-ring (bicyclic) bond motifs is 1. The second-order valence-electron chi connectivity index (χ2n) is 4.34. The van der Waals surface area contributed by atoms with Gasteiger partial charge in [0.2, 0.25) is 0 Å². The van der Waals surface area contributed by atoms with Crippen LogP contribution in [0.1, 0.15) is 5.56 Å². The van der Waals surface area contributed by atoms with Gasteiger partial charge < -0.3 is 10.2 Å². The van der Waals surface area contributed by atoms with Crippen LogP contribution in [0.2, 0.25) is 5.02 Å². The summed E-state index contributed by atoms with van der Waals surface area (Å²) in [4.78, 5) is 0. The molecule has 2 N–H and O–H groups in total. The molecule has 0 aliphatic rings. The first-order valence-corrected chi connectivity index (χ1v) is 6.07. The van der Waals surface area contributed by atoms with E-state index in [2.05, 4.69) is 0 Å². The molecule has 2 nitrogen and oxygen atoms in total. The molecule has 0 unspecified atom stereocenters. The molecule has 2 aromatic carbocycles.